The summed E-state index contributed by atoms with van der Waals surface area (Å²) in [5.41, 5.74) is 0.545. The fourth-order valence-corrected chi connectivity index (χ4v) is 3.50. The molecule has 4 nitrogen and oxygen atoms in total. The molecule has 21 heavy (non-hydrogen) atoms. The highest BCUT2D eigenvalue weighted by molar-refractivity contribution is 5.47. The molecule has 4 heteroatoms. The van der Waals surface area contributed by atoms with Gasteiger partial charge < -0.3 is 19.9 Å². The fraction of sp³-hybridized carbons (Fsp3) is 0.647. The van der Waals surface area contributed by atoms with Gasteiger partial charge in [-0.05, 0) is 24.8 Å². The second kappa shape index (κ2) is 6.24. The van der Waals surface area contributed by atoms with Crippen molar-refractivity contribution >= 4 is 0 Å². The minimum Gasteiger partial charge on any atom is -0.486 e. The van der Waals surface area contributed by atoms with E-state index in [4.69, 9.17) is 9.47 Å². The lowest BCUT2D eigenvalue weighted by atomic mass is 9.79. The first-order chi connectivity index (χ1) is 10.2. The molecule has 0 aromatic heterocycles. The molecule has 2 N–H and O–H groups in total. The number of benzene rings is 1. The zero-order chi connectivity index (χ0) is 14.7. The quantitative estimate of drug-likeness (QED) is 0.895. The van der Waals surface area contributed by atoms with Gasteiger partial charge in [-0.2, -0.15) is 0 Å². The summed E-state index contributed by atoms with van der Waals surface area (Å²) in [7, 11) is 0. The normalized spacial score (nSPS) is 28.4. The van der Waals surface area contributed by atoms with E-state index >= 15 is 0 Å². The Morgan fingerprint density at radius 2 is 2.19 bits per heavy atom. The molecule has 1 aliphatic carbocycles. The summed E-state index contributed by atoms with van der Waals surface area (Å²) >= 11 is 0. The Labute approximate surface area is 126 Å². The van der Waals surface area contributed by atoms with Gasteiger partial charge in [0.05, 0.1) is 5.60 Å². The van der Waals surface area contributed by atoms with Gasteiger partial charge in [0.15, 0.2) is 11.5 Å². The van der Waals surface area contributed by atoms with Gasteiger partial charge in [0.2, 0.25) is 0 Å². The molecule has 2 unspecified atom stereocenters. The summed E-state index contributed by atoms with van der Waals surface area (Å²) in [5, 5.41) is 14.0. The Hall–Kier alpha value is -1.26. The summed E-state index contributed by atoms with van der Waals surface area (Å²) in [4.78, 5) is 0. The van der Waals surface area contributed by atoms with Crippen molar-refractivity contribution in [3.63, 3.8) is 0 Å². The van der Waals surface area contributed by atoms with E-state index < -0.39 is 5.60 Å². The third kappa shape index (κ3) is 3.50. The maximum atomic E-state index is 10.6. The van der Waals surface area contributed by atoms with E-state index in [1.807, 2.05) is 18.2 Å². The van der Waals surface area contributed by atoms with Crippen LogP contribution in [0.15, 0.2) is 18.2 Å². The molecular formula is C17H25NO3. The maximum absolute atomic E-state index is 10.6. The summed E-state index contributed by atoms with van der Waals surface area (Å²) in [5.74, 6) is 2.29. The Balaban J connectivity index is 1.58. The monoisotopic (exact) mass is 291 g/mol. The molecule has 0 saturated heterocycles. The molecular weight excluding hydrogens is 266 g/mol. The Kier molecular flexibility index (Phi) is 4.36. The summed E-state index contributed by atoms with van der Waals surface area (Å²) in [6, 6.07) is 5.98. The van der Waals surface area contributed by atoms with Crippen LogP contribution in [0.4, 0.5) is 0 Å². The number of fused-ring (bicyclic) bond motifs is 1. The molecule has 1 aliphatic heterocycles. The van der Waals surface area contributed by atoms with Crippen LogP contribution in [0.25, 0.3) is 0 Å². The molecule has 1 aromatic rings. The van der Waals surface area contributed by atoms with Crippen molar-refractivity contribution in [3.8, 4) is 11.5 Å². The van der Waals surface area contributed by atoms with E-state index in [0.717, 1.165) is 36.3 Å². The molecule has 0 radical (unpaired) electrons. The van der Waals surface area contributed by atoms with Crippen LogP contribution in [-0.4, -0.2) is 30.5 Å². The van der Waals surface area contributed by atoms with Gasteiger partial charge >= 0.3 is 0 Å². The maximum Gasteiger partial charge on any atom is 0.165 e. The summed E-state index contributed by atoms with van der Waals surface area (Å²) in [6.45, 7) is 4.78. The first kappa shape index (κ1) is 14.7. The largest absolute Gasteiger partial charge is 0.486 e. The van der Waals surface area contributed by atoms with Gasteiger partial charge in [-0.3, -0.25) is 0 Å². The highest BCUT2D eigenvalue weighted by Crippen LogP contribution is 2.34. The summed E-state index contributed by atoms with van der Waals surface area (Å²) < 4.78 is 11.3. The molecule has 1 saturated carbocycles. The molecule has 1 aromatic carbocycles. The van der Waals surface area contributed by atoms with Crippen LogP contribution in [0.3, 0.4) is 0 Å². The van der Waals surface area contributed by atoms with Gasteiger partial charge in [0.25, 0.3) is 0 Å². The zero-order valence-electron chi connectivity index (χ0n) is 12.7. The van der Waals surface area contributed by atoms with Crippen LogP contribution >= 0.6 is 0 Å². The number of ether oxygens (including phenoxy) is 2. The highest BCUT2D eigenvalue weighted by Gasteiger charge is 2.32. The zero-order valence-corrected chi connectivity index (χ0v) is 12.7. The highest BCUT2D eigenvalue weighted by atomic mass is 16.6. The SMILES string of the molecule is CC1CCCC(O)(CNCc2cccc3c2OCCO3)C1. The molecule has 1 heterocycles. The van der Waals surface area contributed by atoms with E-state index in [9.17, 15) is 5.11 Å². The van der Waals surface area contributed by atoms with Crippen LogP contribution in [-0.2, 0) is 6.54 Å². The molecule has 0 amide bonds. The Bertz CT molecular complexity index is 491. The number of rotatable bonds is 4. The van der Waals surface area contributed by atoms with Crippen molar-refractivity contribution < 1.29 is 14.6 Å². The third-order valence-corrected chi connectivity index (χ3v) is 4.48. The minimum absolute atomic E-state index is 0.552. The van der Waals surface area contributed by atoms with Crippen molar-refractivity contribution in [1.82, 2.24) is 5.32 Å². The van der Waals surface area contributed by atoms with Crippen LogP contribution < -0.4 is 14.8 Å². The first-order valence-electron chi connectivity index (χ1n) is 7.97. The van der Waals surface area contributed by atoms with Gasteiger partial charge in [0, 0.05) is 18.7 Å². The van der Waals surface area contributed by atoms with Crippen LogP contribution in [0, 0.1) is 5.92 Å². The predicted octanol–water partition coefficient (Wildman–Crippen LogP) is 2.49. The Morgan fingerprint density at radius 1 is 1.33 bits per heavy atom. The van der Waals surface area contributed by atoms with Crippen molar-refractivity contribution in [2.45, 2.75) is 44.8 Å². The third-order valence-electron chi connectivity index (χ3n) is 4.48. The van der Waals surface area contributed by atoms with Crippen molar-refractivity contribution in [2.24, 2.45) is 5.92 Å². The molecule has 1 fully saturated rings. The van der Waals surface area contributed by atoms with E-state index in [2.05, 4.69) is 12.2 Å². The molecule has 2 aliphatic rings. The number of hydrogen-bond acceptors (Lipinski definition) is 4. The molecule has 116 valence electrons. The van der Waals surface area contributed by atoms with Crippen LogP contribution in [0.2, 0.25) is 0 Å². The van der Waals surface area contributed by atoms with E-state index in [1.54, 1.807) is 0 Å². The smallest absolute Gasteiger partial charge is 0.165 e. The summed E-state index contributed by atoms with van der Waals surface area (Å²) in [6.07, 6.45) is 4.15. The van der Waals surface area contributed by atoms with Gasteiger partial charge in [0.1, 0.15) is 13.2 Å². The van der Waals surface area contributed by atoms with E-state index in [0.29, 0.717) is 32.2 Å². The lowest BCUT2D eigenvalue weighted by Gasteiger charge is -2.35. The van der Waals surface area contributed by atoms with Crippen LogP contribution in [0.5, 0.6) is 11.5 Å². The lowest BCUT2D eigenvalue weighted by molar-refractivity contribution is -0.0119. The molecule has 0 bridgehead atoms. The molecule has 0 spiro atoms. The molecule has 2 atom stereocenters. The van der Waals surface area contributed by atoms with Crippen molar-refractivity contribution in [2.75, 3.05) is 19.8 Å². The number of para-hydroxylation sites is 1. The second-order valence-corrected chi connectivity index (χ2v) is 6.47. The van der Waals surface area contributed by atoms with Gasteiger partial charge in [-0.1, -0.05) is 31.9 Å². The second-order valence-electron chi connectivity index (χ2n) is 6.47. The van der Waals surface area contributed by atoms with Crippen molar-refractivity contribution in [1.29, 1.82) is 0 Å². The topological polar surface area (TPSA) is 50.7 Å². The van der Waals surface area contributed by atoms with E-state index in [-0.39, 0.29) is 0 Å². The standard InChI is InChI=1S/C17H25NO3/c1-13-4-3-7-17(19,10-13)12-18-11-14-5-2-6-15-16(14)21-9-8-20-15/h2,5-6,13,18-19H,3-4,7-12H2,1H3. The average molecular weight is 291 g/mol. The average Bonchev–Trinajstić information content (AvgIpc) is 2.47. The predicted molar refractivity (Wildman–Crippen MR) is 81.7 cm³/mol. The van der Waals surface area contributed by atoms with Crippen LogP contribution in [0.1, 0.15) is 38.2 Å². The van der Waals surface area contributed by atoms with Crippen molar-refractivity contribution in [3.05, 3.63) is 23.8 Å². The minimum atomic E-state index is -0.552. The Morgan fingerprint density at radius 3 is 3.05 bits per heavy atom. The van der Waals surface area contributed by atoms with Gasteiger partial charge in [-0.15, -0.1) is 0 Å². The van der Waals surface area contributed by atoms with Gasteiger partial charge in [-0.25, -0.2) is 0 Å². The first-order valence-corrected chi connectivity index (χ1v) is 7.97. The fourth-order valence-electron chi connectivity index (χ4n) is 3.50. The number of hydrogen-bond donors (Lipinski definition) is 2. The lowest BCUT2D eigenvalue weighted by Crippen LogP contribution is -2.43. The number of aliphatic hydroxyl groups is 1. The number of nitrogens with one attached hydrogen (secondary N) is 1. The molecule has 3 rings (SSSR count). The van der Waals surface area contributed by atoms with E-state index in [1.165, 1.54) is 6.42 Å².